The highest BCUT2D eigenvalue weighted by molar-refractivity contribution is 7.48. The standard InChI is InChI=1S/C15H20ClFN5O6P/c1-4-24-12-9-11(20-14(18)21-12)22(6-19-9)13-15(16,17)10-8(26-13)5-25-29(23,28-10)27-7(2)3/h6-8,10,13H,4-5H2,1-3H3,(H2,18,20,21)/t8-,10-,13-,15-,29+/m1/s1. The molecule has 0 spiro atoms. The van der Waals surface area contributed by atoms with Gasteiger partial charge in [0.25, 0.3) is 5.13 Å². The Morgan fingerprint density at radius 1 is 1.52 bits per heavy atom. The zero-order chi connectivity index (χ0) is 21.0. The number of imidazole rings is 1. The summed E-state index contributed by atoms with van der Waals surface area (Å²) in [5, 5.41) is -2.62. The molecule has 4 heterocycles. The summed E-state index contributed by atoms with van der Waals surface area (Å²) in [6, 6.07) is 0. The normalized spacial score (nSPS) is 34.6. The lowest BCUT2D eigenvalue weighted by molar-refractivity contribution is -0.0733. The van der Waals surface area contributed by atoms with Gasteiger partial charge in [-0.2, -0.15) is 9.97 Å². The summed E-state index contributed by atoms with van der Waals surface area (Å²) >= 11 is 6.20. The van der Waals surface area contributed by atoms with Crippen LogP contribution in [0.25, 0.3) is 11.2 Å². The Labute approximate surface area is 170 Å². The van der Waals surface area contributed by atoms with Crippen LogP contribution >= 0.6 is 19.4 Å². The first-order chi connectivity index (χ1) is 13.6. The molecule has 2 aliphatic rings. The second kappa shape index (κ2) is 7.29. The van der Waals surface area contributed by atoms with E-state index < -0.39 is 37.5 Å². The number of phosphoric acid groups is 1. The van der Waals surface area contributed by atoms with E-state index in [0.717, 1.165) is 0 Å². The molecule has 0 bridgehead atoms. The van der Waals surface area contributed by atoms with Crippen molar-refractivity contribution in [3.05, 3.63) is 6.33 Å². The summed E-state index contributed by atoms with van der Waals surface area (Å²) in [6.45, 7) is 5.16. The lowest BCUT2D eigenvalue weighted by Crippen LogP contribution is -2.43. The summed E-state index contributed by atoms with van der Waals surface area (Å²) in [5.41, 5.74) is 6.16. The molecule has 0 saturated carbocycles. The number of halogens is 2. The number of nitrogens with two attached hydrogens (primary N) is 1. The largest absolute Gasteiger partial charge is 0.476 e. The molecule has 11 nitrogen and oxygen atoms in total. The Bertz CT molecular complexity index is 974. The third kappa shape index (κ3) is 3.58. The van der Waals surface area contributed by atoms with Gasteiger partial charge in [0, 0.05) is 0 Å². The Hall–Kier alpha value is -1.56. The molecule has 5 atom stereocenters. The minimum absolute atomic E-state index is 0.0911. The van der Waals surface area contributed by atoms with Crippen LogP contribution in [0, 0.1) is 0 Å². The summed E-state index contributed by atoms with van der Waals surface area (Å²) in [7, 11) is -3.99. The molecular weight excluding hydrogens is 432 g/mol. The number of rotatable bonds is 5. The lowest BCUT2D eigenvalue weighted by Gasteiger charge is -2.33. The van der Waals surface area contributed by atoms with E-state index in [2.05, 4.69) is 15.0 Å². The predicted octanol–water partition coefficient (Wildman–Crippen LogP) is 2.56. The molecule has 0 radical (unpaired) electrons. The lowest BCUT2D eigenvalue weighted by atomic mass is 10.1. The number of hydrogen-bond donors (Lipinski definition) is 1. The van der Waals surface area contributed by atoms with Crippen LogP contribution in [0.3, 0.4) is 0 Å². The van der Waals surface area contributed by atoms with Crippen molar-refractivity contribution in [2.45, 2.75) is 50.4 Å². The van der Waals surface area contributed by atoms with Crippen LogP contribution in [0.1, 0.15) is 27.0 Å². The molecule has 2 aliphatic heterocycles. The molecule has 160 valence electrons. The van der Waals surface area contributed by atoms with Crippen molar-refractivity contribution in [1.29, 1.82) is 0 Å². The minimum atomic E-state index is -3.99. The quantitative estimate of drug-likeness (QED) is 0.534. The smallest absolute Gasteiger partial charge is 0.475 e. The Morgan fingerprint density at radius 3 is 2.97 bits per heavy atom. The maximum Gasteiger partial charge on any atom is 0.475 e. The molecule has 29 heavy (non-hydrogen) atoms. The van der Waals surface area contributed by atoms with E-state index in [4.69, 9.17) is 40.4 Å². The fourth-order valence-electron chi connectivity index (χ4n) is 3.20. The van der Waals surface area contributed by atoms with Crippen LogP contribution in [0.4, 0.5) is 10.3 Å². The molecule has 4 rings (SSSR count). The van der Waals surface area contributed by atoms with Gasteiger partial charge in [-0.25, -0.2) is 13.9 Å². The molecular formula is C15H20ClFN5O6P. The third-order valence-corrected chi connectivity index (χ3v) is 6.30. The van der Waals surface area contributed by atoms with Crippen LogP contribution in [0.2, 0.25) is 0 Å². The van der Waals surface area contributed by atoms with E-state index in [0.29, 0.717) is 6.61 Å². The summed E-state index contributed by atoms with van der Waals surface area (Å²) in [5.74, 6) is 0.0594. The van der Waals surface area contributed by atoms with E-state index in [-0.39, 0.29) is 29.6 Å². The van der Waals surface area contributed by atoms with Crippen molar-refractivity contribution in [3.63, 3.8) is 0 Å². The first kappa shape index (κ1) is 20.7. The molecule has 14 heteroatoms. The highest BCUT2D eigenvalue weighted by Crippen LogP contribution is 2.61. The highest BCUT2D eigenvalue weighted by Gasteiger charge is 2.63. The van der Waals surface area contributed by atoms with E-state index >= 15 is 4.39 Å². The van der Waals surface area contributed by atoms with Crippen LogP contribution < -0.4 is 10.5 Å². The SMILES string of the molecule is CCOc1nc(N)nc2c1ncn2[C@@H]1O[C@@H]2CO[P@@](=O)(OC(C)C)O[C@H]2[C@]1(F)Cl. The van der Waals surface area contributed by atoms with Crippen LogP contribution in [-0.4, -0.2) is 56.2 Å². The number of anilines is 1. The summed E-state index contributed by atoms with van der Waals surface area (Å²) in [4.78, 5) is 12.3. The second-order valence-electron chi connectivity index (χ2n) is 6.77. The topological polar surface area (TPSA) is 133 Å². The van der Waals surface area contributed by atoms with Crippen LogP contribution in [-0.2, 0) is 22.9 Å². The molecule has 0 unspecified atom stereocenters. The van der Waals surface area contributed by atoms with Crippen LogP contribution in [0.5, 0.6) is 5.88 Å². The van der Waals surface area contributed by atoms with E-state index in [1.165, 1.54) is 10.9 Å². The number of alkyl halides is 2. The minimum Gasteiger partial charge on any atom is -0.476 e. The summed E-state index contributed by atoms with van der Waals surface area (Å²) in [6.07, 6.45) is -2.93. The molecule has 2 saturated heterocycles. The van der Waals surface area contributed by atoms with Crippen molar-refractivity contribution >= 4 is 36.5 Å². The van der Waals surface area contributed by atoms with Gasteiger partial charge in [0.1, 0.15) is 6.10 Å². The molecule has 0 aromatic carbocycles. The average Bonchev–Trinajstić information content (AvgIpc) is 3.13. The number of aromatic nitrogens is 4. The first-order valence-corrected chi connectivity index (χ1v) is 10.8. The fraction of sp³-hybridized carbons (Fsp3) is 0.667. The van der Waals surface area contributed by atoms with E-state index in [9.17, 15) is 4.57 Å². The summed E-state index contributed by atoms with van der Waals surface area (Å²) < 4.78 is 56.4. The van der Waals surface area contributed by atoms with Gasteiger partial charge in [0.05, 0.1) is 25.6 Å². The van der Waals surface area contributed by atoms with Crippen LogP contribution in [0.15, 0.2) is 6.33 Å². The molecule has 2 fully saturated rings. The molecule has 0 aliphatic carbocycles. The van der Waals surface area contributed by atoms with Crippen molar-refractivity contribution < 1.29 is 32.0 Å². The second-order valence-corrected chi connectivity index (χ2v) is 8.92. The van der Waals surface area contributed by atoms with Crippen molar-refractivity contribution in [1.82, 2.24) is 19.5 Å². The van der Waals surface area contributed by atoms with Gasteiger partial charge in [-0.1, -0.05) is 11.6 Å². The molecule has 0 amide bonds. The van der Waals surface area contributed by atoms with Crippen molar-refractivity contribution in [2.75, 3.05) is 18.9 Å². The Balaban J connectivity index is 1.70. The Morgan fingerprint density at radius 2 is 2.28 bits per heavy atom. The van der Waals surface area contributed by atoms with Crippen molar-refractivity contribution in [3.8, 4) is 5.88 Å². The van der Waals surface area contributed by atoms with Gasteiger partial charge in [-0.3, -0.25) is 18.1 Å². The van der Waals surface area contributed by atoms with Gasteiger partial charge in [-0.15, -0.1) is 0 Å². The predicted molar refractivity (Wildman–Crippen MR) is 99.2 cm³/mol. The molecule has 2 aromatic heterocycles. The van der Waals surface area contributed by atoms with E-state index in [1.807, 2.05) is 0 Å². The number of hydrogen-bond acceptors (Lipinski definition) is 10. The maximum atomic E-state index is 15.7. The van der Waals surface area contributed by atoms with Gasteiger partial charge in [0.15, 0.2) is 23.5 Å². The third-order valence-electron chi connectivity index (χ3n) is 4.27. The molecule has 2 N–H and O–H groups in total. The molecule has 2 aromatic rings. The fourth-order valence-corrected chi connectivity index (χ4v) is 5.18. The monoisotopic (exact) mass is 451 g/mol. The zero-order valence-electron chi connectivity index (χ0n) is 15.8. The number of fused-ring (bicyclic) bond motifs is 2. The van der Waals surface area contributed by atoms with E-state index in [1.54, 1.807) is 20.8 Å². The number of nitrogen functional groups attached to an aromatic ring is 1. The maximum absolute atomic E-state index is 15.7. The first-order valence-electron chi connectivity index (χ1n) is 8.92. The van der Waals surface area contributed by atoms with Crippen molar-refractivity contribution in [2.24, 2.45) is 0 Å². The van der Waals surface area contributed by atoms with Gasteiger partial charge < -0.3 is 15.2 Å². The Kier molecular flexibility index (Phi) is 5.21. The number of ether oxygens (including phenoxy) is 2. The zero-order valence-corrected chi connectivity index (χ0v) is 17.5. The average molecular weight is 452 g/mol. The van der Waals surface area contributed by atoms with Gasteiger partial charge >= 0.3 is 7.82 Å². The highest BCUT2D eigenvalue weighted by atomic mass is 35.5. The number of nitrogens with zero attached hydrogens (tertiary/aromatic N) is 4. The van der Waals surface area contributed by atoms with Gasteiger partial charge in [-0.05, 0) is 20.8 Å². The number of phosphoric ester groups is 1. The van der Waals surface area contributed by atoms with Gasteiger partial charge in [0.2, 0.25) is 11.8 Å².